The number of hydrogen-bond donors (Lipinski definition) is 6. The van der Waals surface area contributed by atoms with E-state index in [4.69, 9.17) is 58.5 Å². The summed E-state index contributed by atoms with van der Waals surface area (Å²) in [6.07, 6.45) is 14.3. The molecule has 0 aromatic carbocycles. The maximum Gasteiger partial charge on any atom is 0.561 e. The number of allylic oxidation sites excluding steroid dienone is 1. The topological polar surface area (TPSA) is 361 Å². The summed E-state index contributed by atoms with van der Waals surface area (Å²) >= 11 is 12.7. The van der Waals surface area contributed by atoms with Crippen LogP contribution in [0.1, 0.15) is 106 Å². The molecule has 2 aliphatic heterocycles. The Labute approximate surface area is 433 Å². The number of carbonyl (C=O) groups is 2. The molecule has 0 bridgehead atoms. The van der Waals surface area contributed by atoms with Gasteiger partial charge in [-0.05, 0) is 65.2 Å². The van der Waals surface area contributed by atoms with E-state index in [0.717, 1.165) is 89.2 Å². The van der Waals surface area contributed by atoms with Crippen LogP contribution in [0.5, 0.6) is 11.5 Å². The number of aryl methyl sites for hydroxylation is 2. The number of nitrogens with two attached hydrogens (primary N) is 2. The molecule has 6 heterocycles. The normalized spacial score (nSPS) is 18.1. The number of ketones is 2. The van der Waals surface area contributed by atoms with Crippen molar-refractivity contribution in [2.75, 3.05) is 54.8 Å². The molecule has 2 fully saturated rings. The van der Waals surface area contributed by atoms with Crippen LogP contribution in [0.4, 0.5) is 23.5 Å². The summed E-state index contributed by atoms with van der Waals surface area (Å²) < 4.78 is 55.7. The molecule has 23 nitrogen and oxygen atoms in total. The molecule has 2 saturated carbocycles. The Morgan fingerprint density at radius 2 is 1.26 bits per heavy atom. The van der Waals surface area contributed by atoms with E-state index in [-0.39, 0.29) is 45.3 Å². The van der Waals surface area contributed by atoms with Crippen molar-refractivity contribution in [2.45, 2.75) is 98.3 Å². The molecule has 3 atom stereocenters. The van der Waals surface area contributed by atoms with E-state index in [1.165, 1.54) is 12.8 Å². The minimum atomic E-state index is -4.78. The van der Waals surface area contributed by atoms with E-state index in [9.17, 15) is 37.1 Å². The third-order valence-electron chi connectivity index (χ3n) is 12.7. The molecule has 3 unspecified atom stereocenters. The van der Waals surface area contributed by atoms with Crippen molar-refractivity contribution in [3.63, 3.8) is 0 Å². The lowest BCUT2D eigenvalue weighted by molar-refractivity contribution is -0.160. The van der Waals surface area contributed by atoms with Crippen LogP contribution in [0, 0.1) is 45.4 Å². The summed E-state index contributed by atoms with van der Waals surface area (Å²) in [6.45, 7) is 9.44. The number of aromatic nitrogens is 6. The minimum Gasteiger partial charge on any atom is -0.588 e. The van der Waals surface area contributed by atoms with Crippen LogP contribution >= 0.6 is 38.2 Å². The number of methoxy groups -OCH3 is 2. The highest BCUT2D eigenvalue weighted by Gasteiger charge is 2.43. The Balaban J connectivity index is 0.000000222. The van der Waals surface area contributed by atoms with Gasteiger partial charge in [0.05, 0.1) is 62.5 Å². The van der Waals surface area contributed by atoms with Gasteiger partial charge in [0.25, 0.3) is 10.1 Å². The lowest BCUT2D eigenvalue weighted by Gasteiger charge is -2.37. The Morgan fingerprint density at radius 1 is 0.836 bits per heavy atom. The standard InChI is InChI=1S/C22H28ClN5O3.C22H26ClN5O2.CH4O3S.H2O5P2/c1-11-8-25-15(12(2)19(11)31-3)10-28-9-14(17(29)13-6-4-5-7-13)18(30)16-20(23)26-22(24)27-21(16)28;1-12-9-25-16(13(2)19(12)30-3)11-28-10-15(8-14-6-4-5-7-14)18(29)17-20(23)26-22(24)27-21(17)28;1-5(2,3)4;1-6(2)7(3,4)5/h8,13-14,17,29H,4-7,9-10H2,1-3H3,(H2,24,26,27);8-9,14H,4-7,10-11H2,1-3H3,(H2,24,26,27);1H3,(H,2,3,4);(H2,3,4,5)/b;15-8+;;. The largest absolute Gasteiger partial charge is 0.588 e. The summed E-state index contributed by atoms with van der Waals surface area (Å²) in [5, 5.41) is 11.2. The first-order valence-electron chi connectivity index (χ1n) is 22.9. The molecule has 4 aromatic heterocycles. The van der Waals surface area contributed by atoms with Gasteiger partial charge in [-0.3, -0.25) is 33.9 Å². The van der Waals surface area contributed by atoms with Gasteiger partial charge in [-0.25, -0.2) is 14.5 Å². The number of pyridine rings is 2. The van der Waals surface area contributed by atoms with Crippen LogP contribution in [0.25, 0.3) is 0 Å². The van der Waals surface area contributed by atoms with Gasteiger partial charge in [-0.2, -0.15) is 18.4 Å². The Kier molecular flexibility index (Phi) is 20.2. The number of carbonyl (C=O) groups excluding carboxylic acids is 2. The maximum absolute atomic E-state index is 13.3. The molecule has 8 N–H and O–H groups in total. The zero-order valence-electron chi connectivity index (χ0n) is 41.3. The number of hydrogen-bond acceptors (Lipinski definition) is 20. The zero-order valence-corrected chi connectivity index (χ0v) is 45.4. The third kappa shape index (κ3) is 15.1. The number of anilines is 4. The van der Waals surface area contributed by atoms with Crippen molar-refractivity contribution in [3.05, 3.63) is 79.1 Å². The molecule has 8 rings (SSSR count). The molecule has 0 radical (unpaired) electrons. The lowest BCUT2D eigenvalue weighted by Crippen LogP contribution is -2.47. The molecule has 0 saturated heterocycles. The molecule has 4 aromatic rings. The van der Waals surface area contributed by atoms with Crippen molar-refractivity contribution in [1.29, 1.82) is 0 Å². The maximum atomic E-state index is 13.3. The number of Topliss-reactive ketones (excluding diaryl/α,β-unsaturated/α-hetero) is 2. The van der Waals surface area contributed by atoms with Crippen molar-refractivity contribution < 1.29 is 61.0 Å². The first-order valence-corrected chi connectivity index (χ1v) is 29.0. The number of fused-ring (bicyclic) bond motifs is 2. The fourth-order valence-corrected chi connectivity index (χ4v) is 9.89. The molecule has 398 valence electrons. The molecule has 0 spiro atoms. The van der Waals surface area contributed by atoms with Gasteiger partial charge in [-0.1, -0.05) is 59.5 Å². The van der Waals surface area contributed by atoms with Crippen LogP contribution in [-0.4, -0.2) is 109 Å². The second-order valence-electron chi connectivity index (χ2n) is 18.0. The molecule has 28 heteroatoms. The molecule has 73 heavy (non-hydrogen) atoms. The van der Waals surface area contributed by atoms with Crippen LogP contribution < -0.4 is 35.6 Å². The van der Waals surface area contributed by atoms with Crippen LogP contribution in [0.2, 0.25) is 10.3 Å². The predicted molar refractivity (Wildman–Crippen MR) is 273 cm³/mol. The number of nitrogen functional groups attached to an aromatic ring is 2. The summed E-state index contributed by atoms with van der Waals surface area (Å²) in [4.78, 5) is 80.9. The second kappa shape index (κ2) is 25.0. The van der Waals surface area contributed by atoms with E-state index < -0.39 is 37.1 Å². The van der Waals surface area contributed by atoms with Crippen molar-refractivity contribution in [3.8, 4) is 11.5 Å². The highest BCUT2D eigenvalue weighted by molar-refractivity contribution is 8.19. The zero-order chi connectivity index (χ0) is 54.3. The van der Waals surface area contributed by atoms with Crippen LogP contribution in [0.3, 0.4) is 0 Å². The van der Waals surface area contributed by atoms with E-state index in [2.05, 4.69) is 36.0 Å². The highest BCUT2D eigenvalue weighted by atomic mass is 35.5. The SMILES string of the molecule is COc1c(C)cnc(CN2C/C(=C\C3CCCC3)C(=O)c3c(Cl)nc(N)nc32)c1C.COc1c(C)cnc(CN2CC(C(O)C3CCCC3)C(=O)c3c(Cl)nc(N)nc32)c1C.CS(=O)(=O)O.O=[P+]([O-])P(=O)(O)O. The molecule has 0 amide bonds. The van der Waals surface area contributed by atoms with Gasteiger partial charge >= 0.3 is 15.0 Å². The van der Waals surface area contributed by atoms with E-state index in [1.807, 2.05) is 37.5 Å². The monoisotopic (exact) mass is 1110 g/mol. The Hall–Kier alpha value is -5.00. The number of aliphatic hydroxyl groups is 1. The van der Waals surface area contributed by atoms with Gasteiger partial charge in [0.2, 0.25) is 11.9 Å². The minimum absolute atomic E-state index is 0.00232. The average Bonchev–Trinajstić information content (AvgIpc) is 4.03. The van der Waals surface area contributed by atoms with Crippen molar-refractivity contribution in [2.24, 2.45) is 17.8 Å². The number of aliphatic hydroxyl groups excluding tert-OH is 1. The summed E-state index contributed by atoms with van der Waals surface area (Å²) in [7, 11) is -8.73. The smallest absolute Gasteiger partial charge is 0.561 e. The Morgan fingerprint density at radius 3 is 1.71 bits per heavy atom. The number of ether oxygens (including phenoxy) is 2. The first-order chi connectivity index (χ1) is 34.1. The molecule has 4 aliphatic rings. The van der Waals surface area contributed by atoms with Crippen LogP contribution in [-0.2, 0) is 32.3 Å². The van der Waals surface area contributed by atoms with Gasteiger partial charge < -0.3 is 40.7 Å². The van der Waals surface area contributed by atoms with Crippen LogP contribution in [0.15, 0.2) is 24.0 Å². The van der Waals surface area contributed by atoms with Crippen molar-refractivity contribution in [1.82, 2.24) is 29.9 Å². The second-order valence-corrected chi connectivity index (χ2v) is 24.3. The molecular formula is C45H60Cl2N10O13P2S. The lowest BCUT2D eigenvalue weighted by atomic mass is 9.82. The quantitative estimate of drug-likeness (QED) is 0.0470. The van der Waals surface area contributed by atoms with Gasteiger partial charge in [-0.15, -0.1) is 0 Å². The Bertz CT molecular complexity index is 2910. The van der Waals surface area contributed by atoms with Crippen molar-refractivity contribution >= 4 is 83.4 Å². The summed E-state index contributed by atoms with van der Waals surface area (Å²) in [6, 6.07) is 0. The number of nitrogens with zero attached hydrogens (tertiary/aromatic N) is 8. The molecule has 2 aliphatic carbocycles. The third-order valence-corrected chi connectivity index (χ3v) is 15.0. The van der Waals surface area contributed by atoms with Gasteiger partial charge in [0.1, 0.15) is 39.0 Å². The summed E-state index contributed by atoms with van der Waals surface area (Å²) in [5.74, 6) is 2.11. The fraction of sp³-hybridized carbons (Fsp3) is 0.511. The summed E-state index contributed by atoms with van der Waals surface area (Å²) in [5.41, 5.74) is 18.4. The van der Waals surface area contributed by atoms with E-state index in [0.29, 0.717) is 55.6 Å². The van der Waals surface area contributed by atoms with E-state index >= 15 is 0 Å². The number of rotatable bonds is 10. The molecular weight excluding hydrogens is 1050 g/mol. The average molecular weight is 1110 g/mol. The fourth-order valence-electron chi connectivity index (χ4n) is 9.37. The first kappa shape index (κ1) is 58.9. The van der Waals surface area contributed by atoms with Gasteiger partial charge in [0, 0.05) is 53.3 Å². The number of halogens is 2. The van der Waals surface area contributed by atoms with E-state index in [1.54, 1.807) is 26.6 Å². The van der Waals surface area contributed by atoms with Gasteiger partial charge in [0.15, 0.2) is 11.6 Å². The predicted octanol–water partition coefficient (Wildman–Crippen LogP) is 5.84. The highest BCUT2D eigenvalue weighted by Crippen LogP contribution is 2.56.